The molecule has 17 heavy (non-hydrogen) atoms. The van der Waals surface area contributed by atoms with Gasteiger partial charge in [-0.25, -0.2) is 0 Å². The van der Waals surface area contributed by atoms with Crippen LogP contribution in [0.4, 0.5) is 13.2 Å². The predicted octanol–water partition coefficient (Wildman–Crippen LogP) is 1.40. The largest absolute Gasteiger partial charge is 0.481 e. The molecule has 0 spiro atoms. The lowest BCUT2D eigenvalue weighted by molar-refractivity contribution is -0.162. The Morgan fingerprint density at radius 3 is 2.41 bits per heavy atom. The zero-order valence-electron chi connectivity index (χ0n) is 8.91. The third-order valence-electron chi connectivity index (χ3n) is 3.49. The van der Waals surface area contributed by atoms with Crippen LogP contribution in [-0.2, 0) is 9.59 Å². The molecule has 0 radical (unpaired) electrons. The molecular formula is C10H12F3NO3. The van der Waals surface area contributed by atoms with Crippen molar-refractivity contribution in [1.29, 1.82) is 0 Å². The van der Waals surface area contributed by atoms with Gasteiger partial charge in [-0.15, -0.1) is 0 Å². The Labute approximate surface area is 95.4 Å². The van der Waals surface area contributed by atoms with Gasteiger partial charge in [0, 0.05) is 12.1 Å². The molecule has 1 N–H and O–H groups in total. The zero-order valence-corrected chi connectivity index (χ0v) is 8.91. The normalized spacial score (nSPS) is 31.9. The van der Waals surface area contributed by atoms with E-state index in [-0.39, 0.29) is 12.5 Å². The molecule has 4 nitrogen and oxygen atoms in total. The molecule has 3 atom stereocenters. The highest BCUT2D eigenvalue weighted by molar-refractivity contribution is 5.81. The number of carbonyl (C=O) groups excluding carboxylic acids is 1. The standard InChI is InChI=1S/C10H12F3NO3/c11-10(12,13)4-8(15)14-5-1-2-7(14)6(3-5)9(16)17/h5-7H,1-4H2,(H,16,17). The molecule has 2 rings (SSSR count). The number of carboxylic acid groups (broad SMARTS) is 1. The third kappa shape index (κ3) is 2.23. The van der Waals surface area contributed by atoms with E-state index in [1.807, 2.05) is 0 Å². The number of amides is 1. The van der Waals surface area contributed by atoms with E-state index < -0.39 is 36.4 Å². The second-order valence-corrected chi connectivity index (χ2v) is 4.57. The molecule has 0 aliphatic carbocycles. The minimum atomic E-state index is -4.53. The molecule has 2 fully saturated rings. The Hall–Kier alpha value is -1.27. The fourth-order valence-corrected chi connectivity index (χ4v) is 2.91. The van der Waals surface area contributed by atoms with Crippen LogP contribution in [0.15, 0.2) is 0 Å². The number of rotatable bonds is 2. The van der Waals surface area contributed by atoms with E-state index in [0.29, 0.717) is 12.8 Å². The minimum Gasteiger partial charge on any atom is -0.481 e. The van der Waals surface area contributed by atoms with Gasteiger partial charge in [0.05, 0.1) is 5.92 Å². The quantitative estimate of drug-likeness (QED) is 0.807. The van der Waals surface area contributed by atoms with Crippen molar-refractivity contribution in [3.63, 3.8) is 0 Å². The number of carboxylic acids is 1. The topological polar surface area (TPSA) is 57.6 Å². The van der Waals surface area contributed by atoms with Gasteiger partial charge in [0.25, 0.3) is 0 Å². The maximum Gasteiger partial charge on any atom is 0.397 e. The molecule has 7 heteroatoms. The Balaban J connectivity index is 2.08. The maximum atomic E-state index is 12.1. The highest BCUT2D eigenvalue weighted by Crippen LogP contribution is 2.42. The zero-order chi connectivity index (χ0) is 12.8. The minimum absolute atomic E-state index is 0.281. The van der Waals surface area contributed by atoms with Gasteiger partial charge in [0.1, 0.15) is 6.42 Å². The molecule has 1 amide bonds. The van der Waals surface area contributed by atoms with Gasteiger partial charge < -0.3 is 10.0 Å². The molecule has 96 valence electrons. The molecule has 2 saturated heterocycles. The van der Waals surface area contributed by atoms with Crippen molar-refractivity contribution in [3.8, 4) is 0 Å². The summed E-state index contributed by atoms with van der Waals surface area (Å²) in [5.41, 5.74) is 0. The summed E-state index contributed by atoms with van der Waals surface area (Å²) >= 11 is 0. The van der Waals surface area contributed by atoms with E-state index in [1.165, 1.54) is 0 Å². The highest BCUT2D eigenvalue weighted by atomic mass is 19.4. The first-order valence-electron chi connectivity index (χ1n) is 5.40. The average molecular weight is 251 g/mol. The van der Waals surface area contributed by atoms with E-state index in [2.05, 4.69) is 0 Å². The molecule has 3 unspecified atom stereocenters. The Morgan fingerprint density at radius 1 is 1.29 bits per heavy atom. The van der Waals surface area contributed by atoms with Crippen molar-refractivity contribution < 1.29 is 27.9 Å². The first-order chi connectivity index (χ1) is 7.79. The van der Waals surface area contributed by atoms with Gasteiger partial charge in [-0.05, 0) is 19.3 Å². The van der Waals surface area contributed by atoms with Crippen LogP contribution in [0.25, 0.3) is 0 Å². The first-order valence-corrected chi connectivity index (χ1v) is 5.40. The number of hydrogen-bond acceptors (Lipinski definition) is 2. The number of halogens is 3. The highest BCUT2D eigenvalue weighted by Gasteiger charge is 2.52. The van der Waals surface area contributed by atoms with Gasteiger partial charge in [-0.1, -0.05) is 0 Å². The van der Waals surface area contributed by atoms with Crippen molar-refractivity contribution in [2.75, 3.05) is 0 Å². The predicted molar refractivity (Wildman–Crippen MR) is 50.1 cm³/mol. The Kier molecular flexibility index (Phi) is 2.79. The summed E-state index contributed by atoms with van der Waals surface area (Å²) in [5.74, 6) is -2.72. The smallest absolute Gasteiger partial charge is 0.397 e. The molecular weight excluding hydrogens is 239 g/mol. The number of alkyl halides is 3. The van der Waals surface area contributed by atoms with Gasteiger partial charge in [0.15, 0.2) is 0 Å². The van der Waals surface area contributed by atoms with Crippen molar-refractivity contribution in [2.45, 2.75) is 43.9 Å². The number of aliphatic carboxylic acids is 1. The molecule has 0 saturated carbocycles. The van der Waals surface area contributed by atoms with E-state index in [0.717, 1.165) is 4.90 Å². The Morgan fingerprint density at radius 2 is 1.94 bits per heavy atom. The maximum absolute atomic E-state index is 12.1. The molecule has 2 bridgehead atoms. The van der Waals surface area contributed by atoms with Crippen LogP contribution in [0.2, 0.25) is 0 Å². The van der Waals surface area contributed by atoms with E-state index in [4.69, 9.17) is 5.11 Å². The third-order valence-corrected chi connectivity index (χ3v) is 3.49. The van der Waals surface area contributed by atoms with Crippen LogP contribution in [0.5, 0.6) is 0 Å². The number of nitrogens with zero attached hydrogens (tertiary/aromatic N) is 1. The molecule has 2 heterocycles. The lowest BCUT2D eigenvalue weighted by atomic mass is 9.89. The van der Waals surface area contributed by atoms with Crippen LogP contribution >= 0.6 is 0 Å². The molecule has 2 aliphatic heterocycles. The fraction of sp³-hybridized carbons (Fsp3) is 0.800. The lowest BCUT2D eigenvalue weighted by Crippen LogP contribution is -2.39. The van der Waals surface area contributed by atoms with Crippen molar-refractivity contribution in [1.82, 2.24) is 4.90 Å². The summed E-state index contributed by atoms with van der Waals surface area (Å²) in [6.07, 6.45) is -4.64. The SMILES string of the molecule is O=C(O)C1CC2CCC1N2C(=O)CC(F)(F)F. The summed E-state index contributed by atoms with van der Waals surface area (Å²) in [5, 5.41) is 8.91. The molecule has 0 aromatic carbocycles. The van der Waals surface area contributed by atoms with Crippen molar-refractivity contribution >= 4 is 11.9 Å². The average Bonchev–Trinajstić information content (AvgIpc) is 2.70. The molecule has 0 aromatic rings. The second kappa shape index (κ2) is 3.89. The molecule has 2 aliphatic rings. The summed E-state index contributed by atoms with van der Waals surface area (Å²) in [4.78, 5) is 23.5. The van der Waals surface area contributed by atoms with Crippen LogP contribution in [0.3, 0.4) is 0 Å². The van der Waals surface area contributed by atoms with Crippen LogP contribution in [-0.4, -0.2) is 40.1 Å². The van der Waals surface area contributed by atoms with Gasteiger partial charge in [-0.3, -0.25) is 9.59 Å². The van der Waals surface area contributed by atoms with E-state index >= 15 is 0 Å². The first kappa shape index (κ1) is 12.2. The summed E-state index contributed by atoms with van der Waals surface area (Å²) in [6.45, 7) is 0. The number of carbonyl (C=O) groups is 2. The Bertz CT molecular complexity index is 355. The lowest BCUT2D eigenvalue weighted by Gasteiger charge is -2.23. The van der Waals surface area contributed by atoms with Crippen molar-refractivity contribution in [3.05, 3.63) is 0 Å². The van der Waals surface area contributed by atoms with Gasteiger partial charge in [0.2, 0.25) is 5.91 Å². The summed E-state index contributed by atoms with van der Waals surface area (Å²) < 4.78 is 36.4. The van der Waals surface area contributed by atoms with Crippen molar-refractivity contribution in [2.24, 2.45) is 5.92 Å². The van der Waals surface area contributed by atoms with E-state index in [9.17, 15) is 22.8 Å². The number of hydrogen-bond donors (Lipinski definition) is 1. The molecule has 0 aromatic heterocycles. The van der Waals surface area contributed by atoms with Gasteiger partial charge in [-0.2, -0.15) is 13.2 Å². The number of fused-ring (bicyclic) bond motifs is 2. The summed E-state index contributed by atoms with van der Waals surface area (Å²) in [6, 6.07) is -0.872. The second-order valence-electron chi connectivity index (χ2n) is 4.57. The van der Waals surface area contributed by atoms with Crippen LogP contribution in [0, 0.1) is 5.92 Å². The van der Waals surface area contributed by atoms with Crippen LogP contribution in [0.1, 0.15) is 25.7 Å². The van der Waals surface area contributed by atoms with Gasteiger partial charge >= 0.3 is 12.1 Å². The van der Waals surface area contributed by atoms with E-state index in [1.54, 1.807) is 0 Å². The summed E-state index contributed by atoms with van der Waals surface area (Å²) in [7, 11) is 0. The fourth-order valence-electron chi connectivity index (χ4n) is 2.91. The van der Waals surface area contributed by atoms with Crippen LogP contribution < -0.4 is 0 Å². The monoisotopic (exact) mass is 251 g/mol.